The van der Waals surface area contributed by atoms with Crippen molar-refractivity contribution in [2.45, 2.75) is 6.92 Å². The lowest BCUT2D eigenvalue weighted by Crippen LogP contribution is -2.10. The Hall–Kier alpha value is -0.890. The Morgan fingerprint density at radius 2 is 2.40 bits per heavy atom. The molecule has 8 heteroatoms. The van der Waals surface area contributed by atoms with Gasteiger partial charge in [-0.05, 0) is 22.9 Å². The van der Waals surface area contributed by atoms with Crippen molar-refractivity contribution in [3.63, 3.8) is 0 Å². The molecule has 1 rings (SSSR count). The minimum absolute atomic E-state index is 0.397. The standard InChI is InChI=1S/C7H10BrN3O3S/c1-3-14-9-4-7-6(8)5-11(10-7)15(2,12)13/h4-5H,3H2,1-2H3/b9-4+. The lowest BCUT2D eigenvalue weighted by Gasteiger charge is -1.93. The first kappa shape index (κ1) is 12.2. The van der Waals surface area contributed by atoms with E-state index in [-0.39, 0.29) is 0 Å². The van der Waals surface area contributed by atoms with Crippen LogP contribution in [-0.4, -0.2) is 36.7 Å². The van der Waals surface area contributed by atoms with Gasteiger partial charge >= 0.3 is 0 Å². The molecule has 0 radical (unpaired) electrons. The summed E-state index contributed by atoms with van der Waals surface area (Å²) < 4.78 is 23.7. The van der Waals surface area contributed by atoms with Gasteiger partial charge in [0.05, 0.1) is 23.1 Å². The molecule has 1 aromatic rings. The van der Waals surface area contributed by atoms with Crippen molar-refractivity contribution in [1.29, 1.82) is 0 Å². The lowest BCUT2D eigenvalue weighted by atomic mass is 10.5. The predicted octanol–water partition coefficient (Wildman–Crippen LogP) is 0.824. The molecule has 0 saturated carbocycles. The second-order valence-electron chi connectivity index (χ2n) is 2.65. The number of aromatic nitrogens is 2. The highest BCUT2D eigenvalue weighted by Gasteiger charge is 2.11. The maximum Gasteiger partial charge on any atom is 0.250 e. The zero-order valence-electron chi connectivity index (χ0n) is 8.21. The highest BCUT2D eigenvalue weighted by molar-refractivity contribution is 9.10. The van der Waals surface area contributed by atoms with Crippen LogP contribution in [0.2, 0.25) is 0 Å². The number of oxime groups is 1. The summed E-state index contributed by atoms with van der Waals surface area (Å²) in [5.74, 6) is 0. The predicted molar refractivity (Wildman–Crippen MR) is 59.4 cm³/mol. The van der Waals surface area contributed by atoms with E-state index in [0.29, 0.717) is 16.8 Å². The first-order chi connectivity index (χ1) is 6.95. The lowest BCUT2D eigenvalue weighted by molar-refractivity contribution is 0.160. The van der Waals surface area contributed by atoms with E-state index in [4.69, 9.17) is 4.84 Å². The first-order valence-electron chi connectivity index (χ1n) is 4.06. The molecule has 0 aromatic carbocycles. The van der Waals surface area contributed by atoms with Crippen molar-refractivity contribution in [2.75, 3.05) is 12.9 Å². The molecular formula is C7H10BrN3O3S. The number of hydrogen-bond acceptors (Lipinski definition) is 5. The summed E-state index contributed by atoms with van der Waals surface area (Å²) in [5, 5.41) is 7.40. The molecule has 0 aliphatic carbocycles. The largest absolute Gasteiger partial charge is 0.396 e. The third kappa shape index (κ3) is 3.31. The smallest absolute Gasteiger partial charge is 0.250 e. The van der Waals surface area contributed by atoms with Gasteiger partial charge in [-0.2, -0.15) is 9.19 Å². The quantitative estimate of drug-likeness (QED) is 0.609. The molecule has 6 nitrogen and oxygen atoms in total. The molecule has 0 aliphatic heterocycles. The molecule has 0 N–H and O–H groups in total. The van der Waals surface area contributed by atoms with E-state index in [0.717, 1.165) is 10.3 Å². The van der Waals surface area contributed by atoms with Gasteiger partial charge in [-0.3, -0.25) is 0 Å². The third-order valence-corrected chi connectivity index (χ3v) is 2.87. The van der Waals surface area contributed by atoms with Crippen LogP contribution < -0.4 is 0 Å². The van der Waals surface area contributed by atoms with Crippen molar-refractivity contribution in [1.82, 2.24) is 9.19 Å². The Bertz CT molecular complexity index is 466. The van der Waals surface area contributed by atoms with Gasteiger partial charge in [-0.25, -0.2) is 8.42 Å². The van der Waals surface area contributed by atoms with Crippen molar-refractivity contribution in [3.8, 4) is 0 Å². The summed E-state index contributed by atoms with van der Waals surface area (Å²) in [4.78, 5) is 4.74. The van der Waals surface area contributed by atoms with Crippen molar-refractivity contribution >= 4 is 32.2 Å². The first-order valence-corrected chi connectivity index (χ1v) is 6.70. The maximum absolute atomic E-state index is 11.1. The van der Waals surface area contributed by atoms with Gasteiger partial charge in [-0.1, -0.05) is 5.16 Å². The van der Waals surface area contributed by atoms with Crippen LogP contribution in [0.4, 0.5) is 0 Å². The van der Waals surface area contributed by atoms with Gasteiger partial charge in [0.1, 0.15) is 12.3 Å². The number of rotatable bonds is 4. The van der Waals surface area contributed by atoms with Crippen LogP contribution in [0.5, 0.6) is 0 Å². The van der Waals surface area contributed by atoms with Gasteiger partial charge in [0.2, 0.25) is 0 Å². The molecular weight excluding hydrogens is 286 g/mol. The monoisotopic (exact) mass is 295 g/mol. The Kier molecular flexibility index (Phi) is 3.86. The third-order valence-electron chi connectivity index (χ3n) is 1.39. The van der Waals surface area contributed by atoms with E-state index in [1.807, 2.05) is 0 Å². The topological polar surface area (TPSA) is 73.6 Å². The number of halogens is 1. The average molecular weight is 296 g/mol. The molecule has 1 aromatic heterocycles. The Morgan fingerprint density at radius 3 is 2.87 bits per heavy atom. The van der Waals surface area contributed by atoms with Crippen molar-refractivity contribution in [3.05, 3.63) is 16.4 Å². The molecule has 0 atom stereocenters. The van der Waals surface area contributed by atoms with Crippen molar-refractivity contribution in [2.24, 2.45) is 5.16 Å². The SMILES string of the molecule is CCO/N=C/c1nn(S(C)(=O)=O)cc1Br. The van der Waals surface area contributed by atoms with Gasteiger partial charge in [0, 0.05) is 0 Å². The van der Waals surface area contributed by atoms with Crippen LogP contribution in [0.1, 0.15) is 12.6 Å². The number of hydrogen-bond donors (Lipinski definition) is 0. The zero-order chi connectivity index (χ0) is 11.5. The molecule has 15 heavy (non-hydrogen) atoms. The van der Waals surface area contributed by atoms with E-state index >= 15 is 0 Å². The van der Waals surface area contributed by atoms with Crippen LogP contribution >= 0.6 is 15.9 Å². The fraction of sp³-hybridized carbons (Fsp3) is 0.429. The Labute approximate surface area is 96.1 Å². The summed E-state index contributed by atoms with van der Waals surface area (Å²) in [6.45, 7) is 2.24. The molecule has 0 spiro atoms. The van der Waals surface area contributed by atoms with E-state index < -0.39 is 10.0 Å². The van der Waals surface area contributed by atoms with Gasteiger partial charge < -0.3 is 4.84 Å². The molecule has 0 saturated heterocycles. The highest BCUT2D eigenvalue weighted by atomic mass is 79.9. The van der Waals surface area contributed by atoms with Crippen LogP contribution in [0.3, 0.4) is 0 Å². The van der Waals surface area contributed by atoms with Crippen LogP contribution in [0, 0.1) is 0 Å². The van der Waals surface area contributed by atoms with Crippen LogP contribution in [0.25, 0.3) is 0 Å². The summed E-state index contributed by atoms with van der Waals surface area (Å²) in [7, 11) is -3.36. The molecule has 0 fully saturated rings. The fourth-order valence-corrected chi connectivity index (χ4v) is 1.81. The number of nitrogens with zero attached hydrogens (tertiary/aromatic N) is 3. The Morgan fingerprint density at radius 1 is 1.73 bits per heavy atom. The van der Waals surface area contributed by atoms with E-state index in [9.17, 15) is 8.42 Å². The molecule has 0 bridgehead atoms. The minimum atomic E-state index is -3.36. The zero-order valence-corrected chi connectivity index (χ0v) is 10.6. The molecule has 84 valence electrons. The summed E-state index contributed by atoms with van der Waals surface area (Å²) in [6.07, 6.45) is 3.76. The molecule has 1 heterocycles. The maximum atomic E-state index is 11.1. The second kappa shape index (κ2) is 4.75. The summed E-state index contributed by atoms with van der Waals surface area (Å²) >= 11 is 3.17. The van der Waals surface area contributed by atoms with E-state index in [1.165, 1.54) is 12.4 Å². The molecule has 0 unspecified atom stereocenters. The van der Waals surface area contributed by atoms with Crippen LogP contribution in [-0.2, 0) is 14.9 Å². The fourth-order valence-electron chi connectivity index (χ4n) is 0.765. The van der Waals surface area contributed by atoms with Crippen molar-refractivity contribution < 1.29 is 13.3 Å². The Balaban J connectivity index is 2.97. The van der Waals surface area contributed by atoms with E-state index in [1.54, 1.807) is 6.92 Å². The van der Waals surface area contributed by atoms with Crippen LogP contribution in [0.15, 0.2) is 15.8 Å². The molecule has 0 amide bonds. The molecule has 0 aliphatic rings. The summed E-state index contributed by atoms with van der Waals surface area (Å²) in [6, 6.07) is 0. The summed E-state index contributed by atoms with van der Waals surface area (Å²) in [5.41, 5.74) is 0.397. The average Bonchev–Trinajstić information content (AvgIpc) is 2.48. The normalized spacial score (nSPS) is 12.2. The minimum Gasteiger partial charge on any atom is -0.396 e. The van der Waals surface area contributed by atoms with E-state index in [2.05, 4.69) is 26.2 Å². The second-order valence-corrected chi connectivity index (χ2v) is 5.34. The van der Waals surface area contributed by atoms with Gasteiger partial charge in [-0.15, -0.1) is 0 Å². The van der Waals surface area contributed by atoms with Gasteiger partial charge in [0.15, 0.2) is 0 Å². The van der Waals surface area contributed by atoms with Gasteiger partial charge in [0.25, 0.3) is 10.0 Å². The highest BCUT2D eigenvalue weighted by Crippen LogP contribution is 2.13.